The van der Waals surface area contributed by atoms with Crippen molar-refractivity contribution in [2.45, 2.75) is 25.2 Å². The van der Waals surface area contributed by atoms with Crippen LogP contribution in [0.5, 0.6) is 0 Å². The van der Waals surface area contributed by atoms with Crippen molar-refractivity contribution < 1.29 is 9.18 Å². The first kappa shape index (κ1) is 15.7. The van der Waals surface area contributed by atoms with E-state index in [1.807, 2.05) is 25.1 Å². The molecule has 110 valence electrons. The topological polar surface area (TPSA) is 29.1 Å². The molecule has 0 bridgehead atoms. The van der Waals surface area contributed by atoms with E-state index in [1.54, 1.807) is 25.1 Å². The van der Waals surface area contributed by atoms with Crippen LogP contribution in [-0.4, -0.2) is 5.91 Å². The molecule has 2 nitrogen and oxygen atoms in total. The number of nitrogens with one attached hydrogen (secondary N) is 1. The summed E-state index contributed by atoms with van der Waals surface area (Å²) >= 11 is 3.37. The van der Waals surface area contributed by atoms with Gasteiger partial charge < -0.3 is 5.32 Å². The van der Waals surface area contributed by atoms with Gasteiger partial charge in [-0.1, -0.05) is 40.2 Å². The van der Waals surface area contributed by atoms with Gasteiger partial charge >= 0.3 is 0 Å². The maximum Gasteiger partial charge on any atom is 0.251 e. The maximum atomic E-state index is 13.6. The predicted octanol–water partition coefficient (Wildman–Crippen LogP) is 4.52. The Bertz CT molecular complexity index is 640. The molecule has 2 aromatic rings. The van der Waals surface area contributed by atoms with Gasteiger partial charge in [-0.05, 0) is 48.7 Å². The third-order valence-electron chi connectivity index (χ3n) is 3.41. The molecule has 0 heterocycles. The number of carbonyl (C=O) groups is 1. The smallest absolute Gasteiger partial charge is 0.251 e. The zero-order valence-corrected chi connectivity index (χ0v) is 13.6. The van der Waals surface area contributed by atoms with Crippen molar-refractivity contribution in [3.05, 3.63) is 70.5 Å². The van der Waals surface area contributed by atoms with Crippen LogP contribution >= 0.6 is 15.9 Å². The Hall–Kier alpha value is -1.68. The van der Waals surface area contributed by atoms with Gasteiger partial charge in [-0.2, -0.15) is 0 Å². The minimum atomic E-state index is -0.254. The highest BCUT2D eigenvalue weighted by Gasteiger charge is 2.12. The fraction of sp³-hybridized carbons (Fsp3) is 0.235. The van der Waals surface area contributed by atoms with Crippen molar-refractivity contribution in [1.82, 2.24) is 5.32 Å². The van der Waals surface area contributed by atoms with Gasteiger partial charge in [0.2, 0.25) is 0 Å². The molecule has 1 atom stereocenters. The normalized spacial score (nSPS) is 12.0. The van der Waals surface area contributed by atoms with Crippen molar-refractivity contribution in [1.29, 1.82) is 0 Å². The fourth-order valence-electron chi connectivity index (χ4n) is 1.99. The Morgan fingerprint density at radius 1 is 1.24 bits per heavy atom. The zero-order chi connectivity index (χ0) is 15.4. The Balaban J connectivity index is 2.08. The second-order valence-corrected chi connectivity index (χ2v) is 5.60. The minimum Gasteiger partial charge on any atom is -0.346 e. The molecule has 2 rings (SSSR count). The maximum absolute atomic E-state index is 13.6. The molecule has 0 fully saturated rings. The lowest BCUT2D eigenvalue weighted by Crippen LogP contribution is -2.26. The van der Waals surface area contributed by atoms with Gasteiger partial charge in [0, 0.05) is 10.9 Å². The van der Waals surface area contributed by atoms with E-state index in [2.05, 4.69) is 21.2 Å². The molecular weight excluding hydrogens is 333 g/mol. The molecule has 0 aliphatic carbocycles. The SMILES string of the molecule is Cc1ccc(C(C)NC(=O)c2ccc(CBr)cc2)cc1F. The van der Waals surface area contributed by atoms with E-state index in [0.717, 1.165) is 16.5 Å². The van der Waals surface area contributed by atoms with E-state index in [1.165, 1.54) is 6.07 Å². The average molecular weight is 350 g/mol. The number of carbonyl (C=O) groups excluding carboxylic acids is 1. The highest BCUT2D eigenvalue weighted by molar-refractivity contribution is 9.08. The number of amides is 1. The lowest BCUT2D eigenvalue weighted by Gasteiger charge is -2.15. The van der Waals surface area contributed by atoms with Crippen LogP contribution < -0.4 is 5.32 Å². The molecule has 0 aliphatic rings. The Kier molecular flexibility index (Phi) is 5.12. The number of hydrogen-bond donors (Lipinski definition) is 1. The molecule has 21 heavy (non-hydrogen) atoms. The van der Waals surface area contributed by atoms with Crippen LogP contribution in [-0.2, 0) is 5.33 Å². The summed E-state index contributed by atoms with van der Waals surface area (Å²) in [6.45, 7) is 3.56. The third-order valence-corrected chi connectivity index (χ3v) is 4.06. The summed E-state index contributed by atoms with van der Waals surface area (Å²) in [5.74, 6) is -0.417. The lowest BCUT2D eigenvalue weighted by atomic mass is 10.1. The summed E-state index contributed by atoms with van der Waals surface area (Å²) in [4.78, 5) is 12.2. The Morgan fingerprint density at radius 2 is 1.90 bits per heavy atom. The van der Waals surface area contributed by atoms with Crippen molar-refractivity contribution in [3.8, 4) is 0 Å². The van der Waals surface area contributed by atoms with Crippen molar-refractivity contribution in [2.75, 3.05) is 0 Å². The van der Waals surface area contributed by atoms with Gasteiger partial charge in [0.05, 0.1) is 6.04 Å². The van der Waals surface area contributed by atoms with Gasteiger partial charge in [0.25, 0.3) is 5.91 Å². The molecule has 1 amide bonds. The van der Waals surface area contributed by atoms with Crippen LogP contribution in [0, 0.1) is 12.7 Å². The van der Waals surface area contributed by atoms with Crippen LogP contribution in [0.3, 0.4) is 0 Å². The summed E-state index contributed by atoms with van der Waals surface area (Å²) in [5.41, 5.74) is 3.06. The van der Waals surface area contributed by atoms with Crippen LogP contribution in [0.15, 0.2) is 42.5 Å². The summed E-state index contributed by atoms with van der Waals surface area (Å²) < 4.78 is 13.6. The molecular formula is C17H17BrFNO. The van der Waals surface area contributed by atoms with Gasteiger partial charge in [-0.15, -0.1) is 0 Å². The van der Waals surface area contributed by atoms with Crippen LogP contribution in [0.25, 0.3) is 0 Å². The third kappa shape index (κ3) is 3.91. The number of benzene rings is 2. The Morgan fingerprint density at radius 3 is 2.48 bits per heavy atom. The second-order valence-electron chi connectivity index (χ2n) is 5.03. The molecule has 0 aliphatic heterocycles. The number of halogens is 2. The Labute approximate surface area is 132 Å². The predicted molar refractivity (Wildman–Crippen MR) is 86.1 cm³/mol. The highest BCUT2D eigenvalue weighted by Crippen LogP contribution is 2.17. The molecule has 4 heteroatoms. The fourth-order valence-corrected chi connectivity index (χ4v) is 2.36. The largest absolute Gasteiger partial charge is 0.346 e. The molecule has 2 aromatic carbocycles. The highest BCUT2D eigenvalue weighted by atomic mass is 79.9. The molecule has 0 aromatic heterocycles. The summed E-state index contributed by atoms with van der Waals surface area (Å²) in [5, 5.41) is 3.64. The van der Waals surface area contributed by atoms with Crippen LogP contribution in [0.2, 0.25) is 0 Å². The van der Waals surface area contributed by atoms with Gasteiger partial charge in [0.1, 0.15) is 5.82 Å². The lowest BCUT2D eigenvalue weighted by molar-refractivity contribution is 0.0940. The molecule has 1 unspecified atom stereocenters. The number of hydrogen-bond acceptors (Lipinski definition) is 1. The van der Waals surface area contributed by atoms with E-state index in [-0.39, 0.29) is 17.8 Å². The first-order valence-electron chi connectivity index (χ1n) is 6.73. The summed E-state index contributed by atoms with van der Waals surface area (Å²) in [7, 11) is 0. The summed E-state index contributed by atoms with van der Waals surface area (Å²) in [6.07, 6.45) is 0. The average Bonchev–Trinajstić information content (AvgIpc) is 2.50. The molecule has 0 saturated heterocycles. The minimum absolute atomic E-state index is 0.162. The second kappa shape index (κ2) is 6.85. The first-order valence-corrected chi connectivity index (χ1v) is 7.85. The zero-order valence-electron chi connectivity index (χ0n) is 12.0. The van der Waals surface area contributed by atoms with E-state index < -0.39 is 0 Å². The van der Waals surface area contributed by atoms with Crippen LogP contribution in [0.1, 0.15) is 40.0 Å². The number of rotatable bonds is 4. The number of aryl methyl sites for hydroxylation is 1. The van der Waals surface area contributed by atoms with Crippen molar-refractivity contribution >= 4 is 21.8 Å². The summed E-state index contributed by atoms with van der Waals surface area (Å²) in [6, 6.07) is 12.1. The van der Waals surface area contributed by atoms with Gasteiger partial charge in [-0.3, -0.25) is 4.79 Å². The first-order chi connectivity index (χ1) is 10.0. The van der Waals surface area contributed by atoms with E-state index in [0.29, 0.717) is 11.1 Å². The van der Waals surface area contributed by atoms with E-state index in [9.17, 15) is 9.18 Å². The standard InChI is InChI=1S/C17H17BrFNO/c1-11-3-6-15(9-16(11)19)12(2)20-17(21)14-7-4-13(10-18)5-8-14/h3-9,12H,10H2,1-2H3,(H,20,21). The van der Waals surface area contributed by atoms with Gasteiger partial charge in [0.15, 0.2) is 0 Å². The monoisotopic (exact) mass is 349 g/mol. The molecule has 0 spiro atoms. The van der Waals surface area contributed by atoms with E-state index >= 15 is 0 Å². The molecule has 0 radical (unpaired) electrons. The molecule has 1 N–H and O–H groups in total. The van der Waals surface area contributed by atoms with E-state index in [4.69, 9.17) is 0 Å². The quantitative estimate of drug-likeness (QED) is 0.807. The van der Waals surface area contributed by atoms with Crippen LogP contribution in [0.4, 0.5) is 4.39 Å². The van der Waals surface area contributed by atoms with Crippen molar-refractivity contribution in [2.24, 2.45) is 0 Å². The van der Waals surface area contributed by atoms with Gasteiger partial charge in [-0.25, -0.2) is 4.39 Å². The van der Waals surface area contributed by atoms with Crippen molar-refractivity contribution in [3.63, 3.8) is 0 Å². The number of alkyl halides is 1. The molecule has 0 saturated carbocycles.